The van der Waals surface area contributed by atoms with Crippen LogP contribution in [0.25, 0.3) is 0 Å². The highest BCUT2D eigenvalue weighted by Crippen LogP contribution is 2.19. The number of carbonyl (C=O) groups is 2. The number of carboxylic acids is 1. The molecule has 1 saturated carbocycles. The summed E-state index contributed by atoms with van der Waals surface area (Å²) in [5, 5.41) is 12.6. The van der Waals surface area contributed by atoms with Gasteiger partial charge in [-0.3, -0.25) is 4.79 Å². The summed E-state index contributed by atoms with van der Waals surface area (Å²) in [5.74, 6) is -1.57. The Morgan fingerprint density at radius 1 is 1.42 bits per heavy atom. The summed E-state index contributed by atoms with van der Waals surface area (Å²) in [4.78, 5) is 21.8. The maximum absolute atomic E-state index is 11.8. The fraction of sp³-hybridized carbons (Fsp3) is 0.400. The second-order valence-electron chi connectivity index (χ2n) is 4.12. The van der Waals surface area contributed by atoms with Crippen molar-refractivity contribution in [2.75, 3.05) is 6.54 Å². The van der Waals surface area contributed by atoms with Crippen molar-refractivity contribution in [2.24, 2.45) is 0 Å². The predicted molar refractivity (Wildman–Crippen MR) is 67.6 cm³/mol. The van der Waals surface area contributed by atoms with Gasteiger partial charge >= 0.3 is 5.97 Å². The van der Waals surface area contributed by atoms with Crippen LogP contribution >= 0.6 is 11.3 Å². The van der Waals surface area contributed by atoms with Crippen molar-refractivity contribution in [3.05, 3.63) is 16.3 Å². The average molecular weight is 304 g/mol. The fourth-order valence-corrected chi connectivity index (χ4v) is 3.42. The van der Waals surface area contributed by atoms with Crippen molar-refractivity contribution in [2.45, 2.75) is 23.8 Å². The Morgan fingerprint density at radius 2 is 2.11 bits per heavy atom. The highest BCUT2D eigenvalue weighted by Gasteiger charge is 2.24. The summed E-state index contributed by atoms with van der Waals surface area (Å²) in [5.41, 5.74) is 0. The Hall–Kier alpha value is -1.45. The van der Waals surface area contributed by atoms with E-state index in [1.165, 1.54) is 5.38 Å². The van der Waals surface area contributed by atoms with Gasteiger partial charge in [0.25, 0.3) is 0 Å². The Balaban J connectivity index is 1.96. The standard InChI is InChI=1S/C10H12N2O5S2/c13-9(12-6-1-2-6)4-11-19(16,17)7-3-8(10(14)15)18-5-7/h3,5-6,11H,1-2,4H2,(H,12,13)(H,14,15). The van der Waals surface area contributed by atoms with Gasteiger partial charge in [0, 0.05) is 11.4 Å². The maximum Gasteiger partial charge on any atom is 0.345 e. The molecular weight excluding hydrogens is 292 g/mol. The van der Waals surface area contributed by atoms with Crippen LogP contribution in [0.2, 0.25) is 0 Å². The molecule has 9 heteroatoms. The van der Waals surface area contributed by atoms with E-state index >= 15 is 0 Å². The van der Waals surface area contributed by atoms with Crippen molar-refractivity contribution < 1.29 is 23.1 Å². The number of amides is 1. The van der Waals surface area contributed by atoms with E-state index in [9.17, 15) is 18.0 Å². The van der Waals surface area contributed by atoms with E-state index in [0.29, 0.717) is 0 Å². The number of carboxylic acid groups (broad SMARTS) is 1. The number of carbonyl (C=O) groups excluding carboxylic acids is 1. The third-order valence-electron chi connectivity index (χ3n) is 2.46. The lowest BCUT2D eigenvalue weighted by molar-refractivity contribution is -0.120. The first-order valence-electron chi connectivity index (χ1n) is 5.49. The van der Waals surface area contributed by atoms with Crippen LogP contribution in [0.15, 0.2) is 16.3 Å². The van der Waals surface area contributed by atoms with Crippen LogP contribution < -0.4 is 10.0 Å². The molecule has 1 amide bonds. The Morgan fingerprint density at radius 3 is 2.63 bits per heavy atom. The fourth-order valence-electron chi connectivity index (χ4n) is 1.32. The van der Waals surface area contributed by atoms with Crippen molar-refractivity contribution in [1.29, 1.82) is 0 Å². The summed E-state index contributed by atoms with van der Waals surface area (Å²) in [6, 6.07) is 1.23. The van der Waals surface area contributed by atoms with Crippen LogP contribution in [-0.4, -0.2) is 38.0 Å². The predicted octanol–water partition coefficient (Wildman–Crippen LogP) is 0.00320. The minimum absolute atomic E-state index is 0.0668. The first-order valence-corrected chi connectivity index (χ1v) is 7.85. The van der Waals surface area contributed by atoms with Gasteiger partial charge in [-0.15, -0.1) is 11.3 Å². The molecule has 0 bridgehead atoms. The highest BCUT2D eigenvalue weighted by atomic mass is 32.2. The van der Waals surface area contributed by atoms with Gasteiger partial charge in [-0.05, 0) is 18.9 Å². The normalized spacial score (nSPS) is 15.2. The molecule has 1 fully saturated rings. The van der Waals surface area contributed by atoms with Crippen LogP contribution in [-0.2, 0) is 14.8 Å². The average Bonchev–Trinajstić information content (AvgIpc) is 2.97. The molecule has 19 heavy (non-hydrogen) atoms. The summed E-state index contributed by atoms with van der Waals surface area (Å²) in [6.07, 6.45) is 1.84. The van der Waals surface area contributed by atoms with E-state index in [-0.39, 0.29) is 28.3 Å². The molecule has 0 aromatic carbocycles. The van der Waals surface area contributed by atoms with E-state index in [4.69, 9.17) is 5.11 Å². The SMILES string of the molecule is O=C(CNS(=O)(=O)c1csc(C(=O)O)c1)NC1CC1. The molecule has 2 rings (SSSR count). The van der Waals surface area contributed by atoms with Crippen molar-refractivity contribution in [3.8, 4) is 0 Å². The second kappa shape index (κ2) is 5.27. The molecular formula is C10H12N2O5S2. The lowest BCUT2D eigenvalue weighted by atomic mass is 10.5. The molecule has 0 unspecified atom stereocenters. The third-order valence-corrected chi connectivity index (χ3v) is 4.91. The molecule has 1 aromatic heterocycles. The molecule has 3 N–H and O–H groups in total. The molecule has 1 aromatic rings. The molecule has 1 aliphatic carbocycles. The van der Waals surface area contributed by atoms with E-state index in [1.54, 1.807) is 0 Å². The minimum Gasteiger partial charge on any atom is -0.477 e. The smallest absolute Gasteiger partial charge is 0.345 e. The number of nitrogens with one attached hydrogen (secondary N) is 2. The Kier molecular flexibility index (Phi) is 3.88. The number of hydrogen-bond acceptors (Lipinski definition) is 5. The molecule has 1 heterocycles. The largest absolute Gasteiger partial charge is 0.477 e. The first-order chi connectivity index (χ1) is 8.88. The summed E-state index contributed by atoms with van der Waals surface area (Å²) in [6.45, 7) is -0.350. The lowest BCUT2D eigenvalue weighted by Crippen LogP contribution is -2.37. The van der Waals surface area contributed by atoms with Gasteiger partial charge in [0.2, 0.25) is 15.9 Å². The van der Waals surface area contributed by atoms with Crippen molar-refractivity contribution >= 4 is 33.2 Å². The molecule has 0 radical (unpaired) electrons. The lowest BCUT2D eigenvalue weighted by Gasteiger charge is -2.05. The zero-order valence-electron chi connectivity index (χ0n) is 9.75. The summed E-state index contributed by atoms with van der Waals surface area (Å²) < 4.78 is 25.7. The van der Waals surface area contributed by atoms with E-state index in [0.717, 1.165) is 30.2 Å². The molecule has 1 aliphatic rings. The topological polar surface area (TPSA) is 113 Å². The van der Waals surface area contributed by atoms with Crippen LogP contribution in [0.5, 0.6) is 0 Å². The van der Waals surface area contributed by atoms with Gasteiger partial charge in [-0.2, -0.15) is 0 Å². The minimum atomic E-state index is -3.85. The second-order valence-corrected chi connectivity index (χ2v) is 6.80. The van der Waals surface area contributed by atoms with Crippen LogP contribution in [0, 0.1) is 0 Å². The highest BCUT2D eigenvalue weighted by molar-refractivity contribution is 7.89. The van der Waals surface area contributed by atoms with Gasteiger partial charge in [-0.1, -0.05) is 0 Å². The zero-order valence-corrected chi connectivity index (χ0v) is 11.4. The van der Waals surface area contributed by atoms with Gasteiger partial charge in [0.05, 0.1) is 11.4 Å². The van der Waals surface area contributed by atoms with E-state index in [2.05, 4.69) is 10.0 Å². The van der Waals surface area contributed by atoms with Gasteiger partial charge < -0.3 is 10.4 Å². The molecule has 0 spiro atoms. The molecule has 7 nitrogen and oxygen atoms in total. The number of hydrogen-bond donors (Lipinski definition) is 3. The molecule has 104 valence electrons. The van der Waals surface area contributed by atoms with Gasteiger partial charge in [0.15, 0.2) is 0 Å². The van der Waals surface area contributed by atoms with Gasteiger partial charge in [0.1, 0.15) is 4.88 Å². The number of rotatable bonds is 6. The number of sulfonamides is 1. The van der Waals surface area contributed by atoms with Crippen molar-refractivity contribution in [1.82, 2.24) is 10.0 Å². The van der Waals surface area contributed by atoms with Crippen LogP contribution in [0.1, 0.15) is 22.5 Å². The van der Waals surface area contributed by atoms with Crippen LogP contribution in [0.3, 0.4) is 0 Å². The maximum atomic E-state index is 11.8. The summed E-state index contributed by atoms with van der Waals surface area (Å²) in [7, 11) is -3.85. The van der Waals surface area contributed by atoms with Crippen molar-refractivity contribution in [3.63, 3.8) is 0 Å². The molecule has 0 saturated heterocycles. The van der Waals surface area contributed by atoms with E-state index < -0.39 is 16.0 Å². The molecule has 0 atom stereocenters. The number of thiophene rings is 1. The van der Waals surface area contributed by atoms with Crippen LogP contribution in [0.4, 0.5) is 0 Å². The molecule has 0 aliphatic heterocycles. The Labute approximate surface area is 113 Å². The summed E-state index contributed by atoms with van der Waals surface area (Å²) >= 11 is 0.820. The van der Waals surface area contributed by atoms with Gasteiger partial charge in [-0.25, -0.2) is 17.9 Å². The first kappa shape index (κ1) is 14.0. The zero-order chi connectivity index (χ0) is 14.0. The van der Waals surface area contributed by atoms with E-state index in [1.807, 2.05) is 0 Å². The number of aromatic carboxylic acids is 1. The third kappa shape index (κ3) is 3.75. The quantitative estimate of drug-likeness (QED) is 0.685. The monoisotopic (exact) mass is 304 g/mol. The Bertz CT molecular complexity index is 603.